The maximum absolute atomic E-state index is 12.0. The minimum Gasteiger partial charge on any atom is -0.387 e. The number of amides is 1. The molecule has 0 bridgehead atoms. The average Bonchev–Trinajstić information content (AvgIpc) is 2.38. The molecule has 0 fully saturated rings. The topological polar surface area (TPSA) is 67.5 Å². The van der Waals surface area contributed by atoms with Crippen LogP contribution in [0.1, 0.15) is 39.7 Å². The number of rotatable bonds is 6. The van der Waals surface area contributed by atoms with Gasteiger partial charge < -0.3 is 11.1 Å². The second kappa shape index (κ2) is 7.68. The fraction of sp³-hybridized carbons (Fsp3) is 0.500. The zero-order valence-electron chi connectivity index (χ0n) is 12.8. The summed E-state index contributed by atoms with van der Waals surface area (Å²) in [6, 6.07) is 7.36. The van der Waals surface area contributed by atoms with E-state index >= 15 is 0 Å². The fourth-order valence-electron chi connectivity index (χ4n) is 1.85. The highest BCUT2D eigenvalue weighted by Gasteiger charge is 2.12. The molecule has 0 aliphatic carbocycles. The number of nitrogens with two attached hydrogens (primary N) is 1. The van der Waals surface area contributed by atoms with Crippen LogP contribution in [0.4, 0.5) is 5.69 Å². The first-order valence-corrected chi connectivity index (χ1v) is 7.14. The minimum absolute atomic E-state index is 0.138. The first-order chi connectivity index (χ1) is 9.42. The van der Waals surface area contributed by atoms with Gasteiger partial charge in [-0.25, -0.2) is 0 Å². The monoisotopic (exact) mass is 275 g/mol. The van der Waals surface area contributed by atoms with Crippen molar-refractivity contribution in [2.75, 3.05) is 5.32 Å². The summed E-state index contributed by atoms with van der Waals surface area (Å²) in [7, 11) is 0. The molecule has 20 heavy (non-hydrogen) atoms. The van der Waals surface area contributed by atoms with Crippen LogP contribution < -0.4 is 11.1 Å². The maximum atomic E-state index is 12.0. The molecule has 0 aliphatic rings. The first-order valence-electron chi connectivity index (χ1n) is 7.14. The Labute approximate surface area is 121 Å². The van der Waals surface area contributed by atoms with Gasteiger partial charge in [-0.05, 0) is 37.0 Å². The van der Waals surface area contributed by atoms with Crippen molar-refractivity contribution in [3.8, 4) is 0 Å². The Morgan fingerprint density at radius 1 is 1.25 bits per heavy atom. The quantitative estimate of drug-likeness (QED) is 0.619. The second-order valence-corrected chi connectivity index (χ2v) is 5.43. The normalized spacial score (nSPS) is 13.3. The highest BCUT2D eigenvalue weighted by atomic mass is 16.2. The Morgan fingerprint density at radius 2 is 1.85 bits per heavy atom. The predicted octanol–water partition coefficient (Wildman–Crippen LogP) is 2.98. The van der Waals surface area contributed by atoms with Crippen LogP contribution in [-0.4, -0.2) is 17.8 Å². The highest BCUT2D eigenvalue weighted by molar-refractivity contribution is 5.96. The molecule has 1 unspecified atom stereocenters. The number of aliphatic imine (C=N–C) groups is 1. The number of aryl methyl sites for hydroxylation is 1. The van der Waals surface area contributed by atoms with E-state index in [0.717, 1.165) is 12.1 Å². The van der Waals surface area contributed by atoms with E-state index in [1.165, 1.54) is 5.56 Å². The Morgan fingerprint density at radius 3 is 2.35 bits per heavy atom. The van der Waals surface area contributed by atoms with Crippen molar-refractivity contribution in [3.63, 3.8) is 0 Å². The van der Waals surface area contributed by atoms with E-state index in [9.17, 15) is 4.79 Å². The number of nitrogens with zero attached hydrogens (tertiary/aromatic N) is 1. The van der Waals surface area contributed by atoms with Crippen LogP contribution in [-0.2, 0) is 11.2 Å². The van der Waals surface area contributed by atoms with Crippen molar-refractivity contribution in [1.82, 2.24) is 0 Å². The van der Waals surface area contributed by atoms with Gasteiger partial charge in [0, 0.05) is 12.1 Å². The summed E-state index contributed by atoms with van der Waals surface area (Å²) < 4.78 is 0. The average molecular weight is 275 g/mol. The molecule has 0 aliphatic heterocycles. The standard InChI is InChI=1S/C16H25N3O/c1-5-13-6-8-14(9-7-13)19-16(20)12(4)18-15(17)10-11(2)3/h6-9,11-12H,5,10H2,1-4H3,(H2,17,18)(H,19,20). The Balaban J connectivity index is 2.60. The van der Waals surface area contributed by atoms with Crippen molar-refractivity contribution in [1.29, 1.82) is 0 Å². The molecule has 110 valence electrons. The number of amidine groups is 1. The molecular weight excluding hydrogens is 250 g/mol. The van der Waals surface area contributed by atoms with Crippen LogP contribution >= 0.6 is 0 Å². The van der Waals surface area contributed by atoms with Crippen molar-refractivity contribution < 1.29 is 4.79 Å². The third-order valence-corrected chi connectivity index (χ3v) is 2.99. The van der Waals surface area contributed by atoms with Crippen LogP contribution in [0.25, 0.3) is 0 Å². The molecule has 1 aromatic rings. The van der Waals surface area contributed by atoms with Crippen LogP contribution in [0.5, 0.6) is 0 Å². The fourth-order valence-corrected chi connectivity index (χ4v) is 1.85. The van der Waals surface area contributed by atoms with Gasteiger partial charge in [0.1, 0.15) is 6.04 Å². The van der Waals surface area contributed by atoms with E-state index < -0.39 is 6.04 Å². The number of carbonyl (C=O) groups excluding carboxylic acids is 1. The lowest BCUT2D eigenvalue weighted by Gasteiger charge is -2.11. The summed E-state index contributed by atoms with van der Waals surface area (Å²) in [4.78, 5) is 16.2. The summed E-state index contributed by atoms with van der Waals surface area (Å²) in [5.74, 6) is 0.834. The molecule has 0 aromatic heterocycles. The lowest BCUT2D eigenvalue weighted by atomic mass is 10.1. The number of hydrogen-bond acceptors (Lipinski definition) is 2. The smallest absolute Gasteiger partial charge is 0.248 e. The highest BCUT2D eigenvalue weighted by Crippen LogP contribution is 2.11. The summed E-state index contributed by atoms with van der Waals surface area (Å²) >= 11 is 0. The van der Waals surface area contributed by atoms with Gasteiger partial charge in [-0.3, -0.25) is 9.79 Å². The van der Waals surface area contributed by atoms with E-state index in [4.69, 9.17) is 5.73 Å². The Kier molecular flexibility index (Phi) is 6.22. The van der Waals surface area contributed by atoms with Gasteiger partial charge >= 0.3 is 0 Å². The largest absolute Gasteiger partial charge is 0.387 e. The lowest BCUT2D eigenvalue weighted by Crippen LogP contribution is -2.27. The summed E-state index contributed by atoms with van der Waals surface area (Å²) in [6.45, 7) is 8.00. The van der Waals surface area contributed by atoms with Crippen LogP contribution in [0.3, 0.4) is 0 Å². The van der Waals surface area contributed by atoms with Gasteiger partial charge in [0.05, 0.1) is 5.84 Å². The zero-order chi connectivity index (χ0) is 15.1. The van der Waals surface area contributed by atoms with Crippen molar-refractivity contribution in [2.24, 2.45) is 16.6 Å². The molecule has 4 heteroatoms. The van der Waals surface area contributed by atoms with Crippen molar-refractivity contribution in [2.45, 2.75) is 46.6 Å². The molecule has 4 nitrogen and oxygen atoms in total. The second-order valence-electron chi connectivity index (χ2n) is 5.43. The molecule has 0 saturated heterocycles. The van der Waals surface area contributed by atoms with Crippen molar-refractivity contribution in [3.05, 3.63) is 29.8 Å². The number of hydrogen-bond donors (Lipinski definition) is 2. The third kappa shape index (κ3) is 5.43. The van der Waals surface area contributed by atoms with E-state index in [1.54, 1.807) is 6.92 Å². The van der Waals surface area contributed by atoms with Crippen LogP contribution in [0.2, 0.25) is 0 Å². The number of anilines is 1. The predicted molar refractivity (Wildman–Crippen MR) is 85.0 cm³/mol. The maximum Gasteiger partial charge on any atom is 0.248 e. The lowest BCUT2D eigenvalue weighted by molar-refractivity contribution is -0.117. The SMILES string of the molecule is CCc1ccc(NC(=O)C(C)N=C(N)CC(C)C)cc1. The number of nitrogens with one attached hydrogen (secondary N) is 1. The molecule has 0 spiro atoms. The number of benzene rings is 1. The van der Waals surface area contributed by atoms with Gasteiger partial charge in [-0.1, -0.05) is 32.9 Å². The van der Waals surface area contributed by atoms with Crippen LogP contribution in [0.15, 0.2) is 29.3 Å². The Bertz CT molecular complexity index is 463. The van der Waals surface area contributed by atoms with Gasteiger partial charge in [0.25, 0.3) is 0 Å². The third-order valence-electron chi connectivity index (χ3n) is 2.99. The zero-order valence-corrected chi connectivity index (χ0v) is 12.8. The molecule has 1 atom stereocenters. The number of carbonyl (C=O) groups is 1. The molecule has 0 heterocycles. The van der Waals surface area contributed by atoms with Gasteiger partial charge in [-0.15, -0.1) is 0 Å². The molecular formula is C16H25N3O. The van der Waals surface area contributed by atoms with Gasteiger partial charge in [-0.2, -0.15) is 0 Å². The molecule has 1 rings (SSSR count). The van der Waals surface area contributed by atoms with Gasteiger partial charge in [0.15, 0.2) is 0 Å². The molecule has 1 aromatic carbocycles. The molecule has 0 saturated carbocycles. The summed E-state index contributed by atoms with van der Waals surface area (Å²) in [6.07, 6.45) is 1.70. The van der Waals surface area contributed by atoms with Crippen LogP contribution in [0, 0.1) is 5.92 Å². The van der Waals surface area contributed by atoms with E-state index in [1.807, 2.05) is 24.3 Å². The summed E-state index contributed by atoms with van der Waals surface area (Å²) in [5, 5.41) is 2.85. The first kappa shape index (κ1) is 16.2. The van der Waals surface area contributed by atoms with Gasteiger partial charge in [0.2, 0.25) is 5.91 Å². The molecule has 3 N–H and O–H groups in total. The van der Waals surface area contributed by atoms with E-state index in [0.29, 0.717) is 18.2 Å². The molecule has 1 amide bonds. The molecule has 0 radical (unpaired) electrons. The van der Waals surface area contributed by atoms with E-state index in [2.05, 4.69) is 31.1 Å². The Hall–Kier alpha value is -1.84. The van der Waals surface area contributed by atoms with E-state index in [-0.39, 0.29) is 5.91 Å². The minimum atomic E-state index is -0.473. The summed E-state index contributed by atoms with van der Waals surface area (Å²) in [5.41, 5.74) is 7.85. The van der Waals surface area contributed by atoms with Crippen molar-refractivity contribution >= 4 is 17.4 Å².